The van der Waals surface area contributed by atoms with Crippen molar-refractivity contribution in [1.82, 2.24) is 19.6 Å². The molecule has 0 bridgehead atoms. The van der Waals surface area contributed by atoms with E-state index in [0.29, 0.717) is 5.69 Å². The number of carbonyl (C=O) groups excluding carboxylic acids is 2. The Morgan fingerprint density at radius 2 is 1.84 bits per heavy atom. The zero-order valence-corrected chi connectivity index (χ0v) is 20.5. The quantitative estimate of drug-likeness (QED) is 0.562. The van der Waals surface area contributed by atoms with Gasteiger partial charge in [-0.15, -0.1) is 0 Å². The van der Waals surface area contributed by atoms with E-state index >= 15 is 0 Å². The molecule has 0 N–H and O–H groups in total. The normalized spacial score (nSPS) is 12.2. The summed E-state index contributed by atoms with van der Waals surface area (Å²) in [6.45, 7) is 7.96. The Bertz CT molecular complexity index is 879. The van der Waals surface area contributed by atoms with E-state index in [2.05, 4.69) is 21.0 Å². The molecule has 0 aliphatic heterocycles. The number of rotatable bonds is 7. The molecule has 9 heteroatoms. The van der Waals surface area contributed by atoms with Crippen molar-refractivity contribution < 1.29 is 19.1 Å². The van der Waals surface area contributed by atoms with Gasteiger partial charge in [-0.05, 0) is 49.2 Å². The zero-order valence-electron chi connectivity index (χ0n) is 19.0. The molecule has 1 atom stereocenters. The van der Waals surface area contributed by atoms with Crippen LogP contribution in [-0.4, -0.2) is 57.0 Å². The third kappa shape index (κ3) is 7.90. The van der Waals surface area contributed by atoms with Crippen LogP contribution in [0.1, 0.15) is 39.0 Å². The molecule has 0 radical (unpaired) electrons. The highest BCUT2D eigenvalue weighted by molar-refractivity contribution is 9.10. The Kier molecular flexibility index (Phi) is 8.50. The van der Waals surface area contributed by atoms with Crippen molar-refractivity contribution in [2.75, 3.05) is 13.6 Å². The lowest BCUT2D eigenvalue weighted by Gasteiger charge is -2.32. The van der Waals surface area contributed by atoms with E-state index in [-0.39, 0.29) is 25.7 Å². The van der Waals surface area contributed by atoms with Crippen molar-refractivity contribution in [3.8, 4) is 0 Å². The molecule has 1 aromatic carbocycles. The highest BCUT2D eigenvalue weighted by Gasteiger charge is 2.27. The molecule has 2 amide bonds. The molecule has 0 spiro atoms. The van der Waals surface area contributed by atoms with Gasteiger partial charge in [0.05, 0.1) is 16.7 Å². The summed E-state index contributed by atoms with van der Waals surface area (Å²) in [5.41, 5.74) is 0.998. The molecule has 0 aliphatic rings. The van der Waals surface area contributed by atoms with Gasteiger partial charge in [-0.2, -0.15) is 5.10 Å². The van der Waals surface area contributed by atoms with Crippen LogP contribution in [0.2, 0.25) is 0 Å². The van der Waals surface area contributed by atoms with Gasteiger partial charge in [-0.1, -0.05) is 30.3 Å². The van der Waals surface area contributed by atoms with Gasteiger partial charge in [0, 0.05) is 32.9 Å². The summed E-state index contributed by atoms with van der Waals surface area (Å²) >= 11 is 3.48. The first-order chi connectivity index (χ1) is 14.5. The Morgan fingerprint density at radius 1 is 1.19 bits per heavy atom. The summed E-state index contributed by atoms with van der Waals surface area (Å²) in [7, 11) is 3.47. The van der Waals surface area contributed by atoms with Crippen LogP contribution in [-0.2, 0) is 29.7 Å². The van der Waals surface area contributed by atoms with Gasteiger partial charge in [0.15, 0.2) is 0 Å². The maximum atomic E-state index is 12.9. The maximum Gasteiger partial charge on any atom is 0.410 e. The Morgan fingerprint density at radius 3 is 2.39 bits per heavy atom. The smallest absolute Gasteiger partial charge is 0.410 e. The molecule has 2 aromatic rings. The summed E-state index contributed by atoms with van der Waals surface area (Å²) < 4.78 is 13.4. The molecule has 0 fully saturated rings. The lowest BCUT2D eigenvalue weighted by atomic mass is 10.2. The number of carbonyl (C=O) groups is 2. The second-order valence-electron chi connectivity index (χ2n) is 8.46. The monoisotopic (exact) mass is 494 g/mol. The Balaban J connectivity index is 2.11. The van der Waals surface area contributed by atoms with Gasteiger partial charge in [0.2, 0.25) is 0 Å². The fourth-order valence-corrected chi connectivity index (χ4v) is 3.26. The average molecular weight is 495 g/mol. The molecule has 170 valence electrons. The molecular formula is C22H31BrN4O4. The van der Waals surface area contributed by atoms with E-state index < -0.39 is 17.8 Å². The Hall–Kier alpha value is -2.55. The zero-order chi connectivity index (χ0) is 23.2. The minimum Gasteiger partial charge on any atom is -0.445 e. The highest BCUT2D eigenvalue weighted by atomic mass is 79.9. The SMILES string of the molecule is C[C@H](CN(Cc1nn(C)cc1Br)C(=O)OCc1ccccc1)N(C)C(=O)OC(C)(C)C. The third-order valence-electron chi connectivity index (χ3n) is 4.49. The predicted molar refractivity (Wildman–Crippen MR) is 121 cm³/mol. The van der Waals surface area contributed by atoms with E-state index in [1.54, 1.807) is 16.6 Å². The molecule has 0 saturated heterocycles. The van der Waals surface area contributed by atoms with Crippen LogP contribution in [0, 0.1) is 0 Å². The number of aryl methyl sites for hydroxylation is 1. The third-order valence-corrected chi connectivity index (χ3v) is 5.15. The standard InChI is InChI=1S/C22H31BrN4O4/c1-16(26(6)20(28)31-22(2,3)4)12-27(14-19-18(23)13-25(5)24-19)21(29)30-15-17-10-8-7-9-11-17/h7-11,13,16H,12,14-15H2,1-6H3/t16-/m1/s1. The second kappa shape index (κ2) is 10.7. The fraction of sp³-hybridized carbons (Fsp3) is 0.500. The van der Waals surface area contributed by atoms with Gasteiger partial charge >= 0.3 is 12.2 Å². The van der Waals surface area contributed by atoms with E-state index in [0.717, 1.165) is 10.0 Å². The van der Waals surface area contributed by atoms with E-state index in [1.165, 1.54) is 4.90 Å². The van der Waals surface area contributed by atoms with Crippen molar-refractivity contribution in [3.63, 3.8) is 0 Å². The molecule has 1 heterocycles. The molecule has 2 rings (SSSR count). The fourth-order valence-electron chi connectivity index (χ4n) is 2.76. The van der Waals surface area contributed by atoms with Gasteiger partial charge in [0.1, 0.15) is 12.2 Å². The molecule has 0 saturated carbocycles. The summed E-state index contributed by atoms with van der Waals surface area (Å²) in [5.74, 6) is 0. The van der Waals surface area contributed by atoms with E-state index in [9.17, 15) is 9.59 Å². The first kappa shape index (κ1) is 24.7. The van der Waals surface area contributed by atoms with E-state index in [1.807, 2.05) is 71.3 Å². The molecular weight excluding hydrogens is 464 g/mol. The number of benzene rings is 1. The van der Waals surface area contributed by atoms with Crippen molar-refractivity contribution in [3.05, 3.63) is 52.3 Å². The van der Waals surface area contributed by atoms with Crippen molar-refractivity contribution in [2.45, 2.75) is 52.5 Å². The van der Waals surface area contributed by atoms with Gasteiger partial charge in [-0.25, -0.2) is 9.59 Å². The van der Waals surface area contributed by atoms with Crippen LogP contribution in [0.15, 0.2) is 41.0 Å². The van der Waals surface area contributed by atoms with Crippen LogP contribution in [0.5, 0.6) is 0 Å². The van der Waals surface area contributed by atoms with E-state index in [4.69, 9.17) is 9.47 Å². The van der Waals surface area contributed by atoms with Crippen LogP contribution >= 0.6 is 15.9 Å². The number of nitrogens with zero attached hydrogens (tertiary/aromatic N) is 4. The Labute approximate surface area is 192 Å². The predicted octanol–water partition coefficient (Wildman–Crippen LogP) is 4.58. The largest absolute Gasteiger partial charge is 0.445 e. The molecule has 8 nitrogen and oxygen atoms in total. The van der Waals surface area contributed by atoms with Crippen molar-refractivity contribution in [1.29, 1.82) is 0 Å². The van der Waals surface area contributed by atoms with Crippen LogP contribution in [0.4, 0.5) is 9.59 Å². The van der Waals surface area contributed by atoms with Crippen LogP contribution in [0.25, 0.3) is 0 Å². The van der Waals surface area contributed by atoms with Crippen LogP contribution in [0.3, 0.4) is 0 Å². The van der Waals surface area contributed by atoms with Crippen molar-refractivity contribution in [2.24, 2.45) is 7.05 Å². The minimum atomic E-state index is -0.599. The summed E-state index contributed by atoms with van der Waals surface area (Å²) in [6, 6.07) is 9.18. The maximum absolute atomic E-state index is 12.9. The molecule has 0 unspecified atom stereocenters. The number of hydrogen-bond donors (Lipinski definition) is 0. The van der Waals surface area contributed by atoms with Gasteiger partial charge in [0.25, 0.3) is 0 Å². The lowest BCUT2D eigenvalue weighted by Crippen LogP contribution is -2.46. The second-order valence-corrected chi connectivity index (χ2v) is 9.31. The molecule has 0 aliphatic carbocycles. The number of halogens is 1. The number of aromatic nitrogens is 2. The molecule has 1 aromatic heterocycles. The van der Waals surface area contributed by atoms with Crippen molar-refractivity contribution >= 4 is 28.1 Å². The number of hydrogen-bond acceptors (Lipinski definition) is 5. The van der Waals surface area contributed by atoms with Crippen LogP contribution < -0.4 is 0 Å². The minimum absolute atomic E-state index is 0.163. The number of amides is 2. The summed E-state index contributed by atoms with van der Waals surface area (Å²) in [5, 5.41) is 4.40. The number of likely N-dealkylation sites (N-methyl/N-ethyl adjacent to an activating group) is 1. The van der Waals surface area contributed by atoms with Gasteiger partial charge < -0.3 is 19.3 Å². The number of ether oxygens (including phenoxy) is 2. The molecule has 31 heavy (non-hydrogen) atoms. The highest BCUT2D eigenvalue weighted by Crippen LogP contribution is 2.18. The average Bonchev–Trinajstić information content (AvgIpc) is 3.01. The summed E-state index contributed by atoms with van der Waals surface area (Å²) in [6.07, 6.45) is 0.890. The first-order valence-corrected chi connectivity index (χ1v) is 10.8. The topological polar surface area (TPSA) is 76.9 Å². The van der Waals surface area contributed by atoms with Gasteiger partial charge in [-0.3, -0.25) is 4.68 Å². The lowest BCUT2D eigenvalue weighted by molar-refractivity contribution is 0.0189. The summed E-state index contributed by atoms with van der Waals surface area (Å²) in [4.78, 5) is 28.4. The first-order valence-electron chi connectivity index (χ1n) is 10.1.